The van der Waals surface area contributed by atoms with Gasteiger partial charge in [0.2, 0.25) is 0 Å². The van der Waals surface area contributed by atoms with Crippen molar-refractivity contribution in [1.82, 2.24) is 4.90 Å². The molecule has 2 bridgehead atoms. The molecule has 2 fully saturated rings. The second-order valence-electron chi connectivity index (χ2n) is 7.66. The summed E-state index contributed by atoms with van der Waals surface area (Å²) in [5.74, 6) is 0. The van der Waals surface area contributed by atoms with Crippen molar-refractivity contribution in [2.75, 3.05) is 7.05 Å². The Balaban J connectivity index is 1.71. The van der Waals surface area contributed by atoms with Crippen LogP contribution in [0.2, 0.25) is 19.8 Å². The fourth-order valence-corrected chi connectivity index (χ4v) is 8.90. The zero-order valence-electron chi connectivity index (χ0n) is 13.5. The van der Waals surface area contributed by atoms with Gasteiger partial charge in [-0.25, -0.2) is 0 Å². The van der Waals surface area contributed by atoms with Crippen LogP contribution in [0.3, 0.4) is 0 Å². The van der Waals surface area contributed by atoms with Crippen molar-refractivity contribution in [3.63, 3.8) is 0 Å². The third kappa shape index (κ3) is 3.59. The second-order valence-corrected chi connectivity index (χ2v) is 23.9. The molecule has 0 aromatic heterocycles. The van der Waals surface area contributed by atoms with Crippen molar-refractivity contribution in [2.45, 2.75) is 62.7 Å². The van der Waals surface area contributed by atoms with E-state index in [1.54, 1.807) is 0 Å². The molecular weight excluding hydrogens is 404 g/mol. The molecule has 0 spiro atoms. The van der Waals surface area contributed by atoms with E-state index >= 15 is 0 Å². The number of thioether (sulfide) groups is 1. The first kappa shape index (κ1) is 16.5. The minimum atomic E-state index is -1.99. The molecule has 0 saturated carbocycles. The number of nitrogens with zero attached hydrogens (tertiary/aromatic N) is 1. The second kappa shape index (κ2) is 6.26. The molecule has 116 valence electrons. The van der Waals surface area contributed by atoms with E-state index in [-0.39, 0.29) is 0 Å². The van der Waals surface area contributed by atoms with Gasteiger partial charge in [-0.05, 0) is 0 Å². The summed E-state index contributed by atoms with van der Waals surface area (Å²) in [5.41, 5.74) is 0. The van der Waals surface area contributed by atoms with Gasteiger partial charge in [-0.3, -0.25) is 0 Å². The third-order valence-electron chi connectivity index (χ3n) is 5.15. The SMILES string of the molecule is CN1[C@@H]2CC[C@H]1CC(Sc1cc[c]([Sn]([CH3])([CH3])[CH3])cc1Cl)C2. The van der Waals surface area contributed by atoms with Crippen molar-refractivity contribution in [1.29, 1.82) is 0 Å². The van der Waals surface area contributed by atoms with Gasteiger partial charge in [0.25, 0.3) is 0 Å². The number of hydrogen-bond donors (Lipinski definition) is 0. The van der Waals surface area contributed by atoms with Gasteiger partial charge >= 0.3 is 143 Å². The van der Waals surface area contributed by atoms with Crippen LogP contribution < -0.4 is 3.58 Å². The van der Waals surface area contributed by atoms with E-state index in [2.05, 4.69) is 45.0 Å². The summed E-state index contributed by atoms with van der Waals surface area (Å²) in [6.07, 6.45) is 5.44. The van der Waals surface area contributed by atoms with Gasteiger partial charge in [-0.1, -0.05) is 0 Å². The first-order valence-electron chi connectivity index (χ1n) is 8.03. The molecule has 0 N–H and O–H groups in total. The number of benzene rings is 1. The quantitative estimate of drug-likeness (QED) is 0.645. The van der Waals surface area contributed by atoms with Crippen LogP contribution in [0.4, 0.5) is 0 Å². The van der Waals surface area contributed by atoms with Crippen LogP contribution in [-0.2, 0) is 0 Å². The van der Waals surface area contributed by atoms with Crippen LogP contribution in [0.25, 0.3) is 0 Å². The van der Waals surface area contributed by atoms with E-state index in [4.69, 9.17) is 11.6 Å². The summed E-state index contributed by atoms with van der Waals surface area (Å²) >= 11 is 6.61. The molecule has 1 nitrogen and oxygen atoms in total. The Morgan fingerprint density at radius 2 is 1.76 bits per heavy atom. The molecule has 2 aliphatic rings. The average Bonchev–Trinajstić information content (AvgIpc) is 2.62. The van der Waals surface area contributed by atoms with Crippen LogP contribution >= 0.6 is 23.4 Å². The van der Waals surface area contributed by atoms with E-state index in [1.807, 2.05) is 11.8 Å². The predicted octanol–water partition coefficient (Wildman–Crippen LogP) is 4.60. The Kier molecular flexibility index (Phi) is 4.91. The molecule has 4 heteroatoms. The van der Waals surface area contributed by atoms with Crippen LogP contribution in [0.15, 0.2) is 23.1 Å². The molecule has 0 radical (unpaired) electrons. The van der Waals surface area contributed by atoms with E-state index < -0.39 is 18.4 Å². The molecule has 3 atom stereocenters. The molecule has 1 aromatic rings. The summed E-state index contributed by atoms with van der Waals surface area (Å²) < 4.78 is 1.53. The fraction of sp³-hybridized carbons (Fsp3) is 0.647. The molecule has 2 heterocycles. The number of rotatable bonds is 3. The third-order valence-corrected chi connectivity index (χ3v) is 12.7. The zero-order chi connectivity index (χ0) is 15.2. The molecule has 2 aliphatic heterocycles. The monoisotopic (exact) mass is 431 g/mol. The van der Waals surface area contributed by atoms with Gasteiger partial charge in [0.15, 0.2) is 0 Å². The van der Waals surface area contributed by atoms with Gasteiger partial charge in [0, 0.05) is 0 Å². The predicted molar refractivity (Wildman–Crippen MR) is 97.9 cm³/mol. The average molecular weight is 431 g/mol. The van der Waals surface area contributed by atoms with Gasteiger partial charge in [0.05, 0.1) is 0 Å². The molecule has 0 amide bonds. The number of piperidine rings is 1. The van der Waals surface area contributed by atoms with Crippen LogP contribution in [0, 0.1) is 0 Å². The molecule has 1 aromatic carbocycles. The Morgan fingerprint density at radius 3 is 2.29 bits per heavy atom. The van der Waals surface area contributed by atoms with Crippen LogP contribution in [-0.4, -0.2) is 47.7 Å². The van der Waals surface area contributed by atoms with Crippen LogP contribution in [0.5, 0.6) is 0 Å². The van der Waals surface area contributed by atoms with E-state index in [0.717, 1.165) is 22.4 Å². The summed E-state index contributed by atoms with van der Waals surface area (Å²) in [5, 5.41) is 1.73. The topological polar surface area (TPSA) is 3.24 Å². The molecule has 0 aliphatic carbocycles. The summed E-state index contributed by atoms with van der Waals surface area (Å²) in [6.45, 7) is 0. The van der Waals surface area contributed by atoms with Crippen molar-refractivity contribution >= 4 is 45.3 Å². The molecule has 3 rings (SSSR count). The maximum absolute atomic E-state index is 6.57. The summed E-state index contributed by atoms with van der Waals surface area (Å²) in [4.78, 5) is 11.2. The first-order valence-corrected chi connectivity index (χ1v) is 19.3. The van der Waals surface area contributed by atoms with Crippen molar-refractivity contribution in [3.05, 3.63) is 23.2 Å². The Morgan fingerprint density at radius 1 is 1.14 bits per heavy atom. The maximum atomic E-state index is 6.57. The van der Waals surface area contributed by atoms with E-state index in [0.29, 0.717) is 0 Å². The van der Waals surface area contributed by atoms with Crippen molar-refractivity contribution in [2.24, 2.45) is 0 Å². The van der Waals surface area contributed by atoms with E-state index in [1.165, 1.54) is 34.2 Å². The fourth-order valence-electron chi connectivity index (χ4n) is 3.70. The minimum absolute atomic E-state index is 0.750. The Labute approximate surface area is 142 Å². The normalized spacial score (nSPS) is 29.9. The summed E-state index contributed by atoms with van der Waals surface area (Å²) in [7, 11) is 2.31. The van der Waals surface area contributed by atoms with Gasteiger partial charge < -0.3 is 0 Å². The van der Waals surface area contributed by atoms with Gasteiger partial charge in [-0.15, -0.1) is 0 Å². The van der Waals surface area contributed by atoms with E-state index in [9.17, 15) is 0 Å². The zero-order valence-corrected chi connectivity index (χ0v) is 18.0. The number of halogens is 1. The molecule has 1 unspecified atom stereocenters. The Hall–Kier alpha value is 0.619. The molecule has 2 saturated heterocycles. The molecular formula is C17H26ClNSSn. The number of fused-ring (bicyclic) bond motifs is 2. The standard InChI is InChI=1S/C14H17ClNS.3CH3.Sn/c1-16-10-6-7-11(16)9-12(8-10)17-14-5-3-2-4-13(14)15;;;;/h3-5,10-12H,6-9H2,1H3;3*1H3;/t10-,11+,12?;;;;. The van der Waals surface area contributed by atoms with Crippen LogP contribution in [0.1, 0.15) is 25.7 Å². The number of hydrogen-bond acceptors (Lipinski definition) is 2. The van der Waals surface area contributed by atoms with Crippen molar-refractivity contribution < 1.29 is 0 Å². The van der Waals surface area contributed by atoms with Gasteiger partial charge in [-0.2, -0.15) is 0 Å². The van der Waals surface area contributed by atoms with Gasteiger partial charge in [0.1, 0.15) is 0 Å². The van der Waals surface area contributed by atoms with Crippen molar-refractivity contribution in [3.8, 4) is 0 Å². The molecule has 21 heavy (non-hydrogen) atoms. The Bertz CT molecular complexity index is 514. The first-order chi connectivity index (χ1) is 9.84. The summed E-state index contributed by atoms with van der Waals surface area (Å²) in [6, 6.07) is 8.50.